The Kier molecular flexibility index (Phi) is 11.6. The molecule has 0 aliphatic carbocycles. The summed E-state index contributed by atoms with van der Waals surface area (Å²) >= 11 is 0. The lowest BCUT2D eigenvalue weighted by Crippen LogP contribution is -2.64. The fourth-order valence-corrected chi connectivity index (χ4v) is 4.49. The number of nitrogens with one attached hydrogen (secondary N) is 1. The van der Waals surface area contributed by atoms with Crippen LogP contribution in [0.25, 0.3) is 4.98 Å². The molecule has 1 aromatic carbocycles. The highest BCUT2D eigenvalue weighted by molar-refractivity contribution is 5.93. The maximum Gasteiger partial charge on any atom is 0.430 e. The van der Waals surface area contributed by atoms with E-state index >= 15 is 0 Å². The number of carbonyl (C=O) groups excluding carboxylic acids is 1. The van der Waals surface area contributed by atoms with Gasteiger partial charge in [-0.3, -0.25) is 0 Å². The topological polar surface area (TPSA) is 75.7 Å². The van der Waals surface area contributed by atoms with Gasteiger partial charge in [0.25, 0.3) is 0 Å². The lowest BCUT2D eigenvalue weighted by atomic mass is 9.95. The van der Waals surface area contributed by atoms with E-state index in [2.05, 4.69) is 38.0 Å². The molecule has 0 radical (unpaired) electrons. The van der Waals surface area contributed by atoms with E-state index in [1.807, 2.05) is 6.07 Å². The van der Waals surface area contributed by atoms with Crippen LogP contribution in [0.4, 0.5) is 11.4 Å². The summed E-state index contributed by atoms with van der Waals surface area (Å²) in [5.41, 5.74) is 1.19. The first kappa shape index (κ1) is 27.1. The van der Waals surface area contributed by atoms with Crippen LogP contribution >= 0.6 is 0 Å². The van der Waals surface area contributed by atoms with Gasteiger partial charge in [0, 0.05) is 13.1 Å². The third kappa shape index (κ3) is 6.91. The third-order valence-corrected chi connectivity index (χ3v) is 6.63. The first-order chi connectivity index (χ1) is 16.1. The predicted molar refractivity (Wildman–Crippen MR) is 135 cm³/mol. The number of nitrogens with zero attached hydrogens (tertiary/aromatic N) is 3. The molecule has 0 aromatic heterocycles. The highest BCUT2D eigenvalue weighted by Gasteiger charge is 2.46. The van der Waals surface area contributed by atoms with Gasteiger partial charge in [-0.15, -0.1) is 0 Å². The molecular weight excluding hydrogens is 416 g/mol. The molecule has 1 N–H and O–H groups in total. The number of diazo groups is 1. The van der Waals surface area contributed by atoms with Crippen molar-refractivity contribution in [3.8, 4) is 11.5 Å². The lowest BCUT2D eigenvalue weighted by molar-refractivity contribution is -0.135. The fraction of sp³-hybridized carbons (Fsp3) is 0.731. The van der Waals surface area contributed by atoms with Gasteiger partial charge in [-0.1, -0.05) is 53.4 Å². The van der Waals surface area contributed by atoms with Crippen molar-refractivity contribution >= 4 is 17.3 Å². The molecule has 0 spiro atoms. The van der Waals surface area contributed by atoms with Crippen molar-refractivity contribution < 1.29 is 14.3 Å². The van der Waals surface area contributed by atoms with E-state index in [1.165, 1.54) is 0 Å². The summed E-state index contributed by atoms with van der Waals surface area (Å²) in [4.78, 5) is 17.6. The van der Waals surface area contributed by atoms with Crippen molar-refractivity contribution in [1.29, 1.82) is 5.39 Å². The molecule has 184 valence electrons. The summed E-state index contributed by atoms with van der Waals surface area (Å²) in [5, 5.41) is 13.1. The minimum absolute atomic E-state index is 0.0122. The van der Waals surface area contributed by atoms with E-state index in [0.29, 0.717) is 43.5 Å². The zero-order valence-corrected chi connectivity index (χ0v) is 21.2. The van der Waals surface area contributed by atoms with Crippen LogP contribution in [0.2, 0.25) is 0 Å². The molecule has 1 aromatic rings. The average Bonchev–Trinajstić information content (AvgIpc) is 2.85. The highest BCUT2D eigenvalue weighted by atomic mass is 16.5. The van der Waals surface area contributed by atoms with Crippen molar-refractivity contribution in [2.45, 2.75) is 79.1 Å². The van der Waals surface area contributed by atoms with Gasteiger partial charge in [0.05, 0.1) is 31.3 Å². The number of carbonyl (C=O) groups is 1. The number of piperazine rings is 1. The fourth-order valence-electron chi connectivity index (χ4n) is 4.49. The second-order valence-electron chi connectivity index (χ2n) is 9.04. The highest BCUT2D eigenvalue weighted by Crippen LogP contribution is 2.44. The SMILES string of the molecule is CCCCOc1cc([N+]2(C(=O)C(CC)CCCC)CCNCC2)c(OCCCC)cc1[N+]#N. The standard InChI is InChI=1S/C26H44N4O3/c1-5-9-12-21(8-4)26(31)30(15-13-28-14-16-30)23-20-24(32-17-10-6-2)22(29-27)19-25(23)33-18-11-7-3/h19-21,28H,5-18H2,1-4H3/q+2. The van der Waals surface area contributed by atoms with Gasteiger partial charge in [0.15, 0.2) is 16.4 Å². The molecule has 1 aliphatic rings. The molecule has 2 rings (SSSR count). The largest absolute Gasteiger partial charge is 0.487 e. The molecule has 33 heavy (non-hydrogen) atoms. The molecule has 1 unspecified atom stereocenters. The smallest absolute Gasteiger partial charge is 0.430 e. The minimum atomic E-state index is 0.0122. The first-order valence-corrected chi connectivity index (χ1v) is 13.0. The molecular formula is C26H44N4O3+2. The van der Waals surface area contributed by atoms with Crippen molar-refractivity contribution in [2.75, 3.05) is 39.4 Å². The van der Waals surface area contributed by atoms with Crippen molar-refractivity contribution in [3.63, 3.8) is 0 Å². The lowest BCUT2D eigenvalue weighted by Gasteiger charge is -2.41. The Hall–Kier alpha value is -2.17. The Balaban J connectivity index is 2.59. The van der Waals surface area contributed by atoms with E-state index < -0.39 is 0 Å². The van der Waals surface area contributed by atoms with E-state index in [-0.39, 0.29) is 16.3 Å². The molecule has 0 saturated carbocycles. The van der Waals surface area contributed by atoms with Crippen molar-refractivity contribution in [2.24, 2.45) is 5.92 Å². The van der Waals surface area contributed by atoms with Crippen LogP contribution in [0.3, 0.4) is 0 Å². The monoisotopic (exact) mass is 460 g/mol. The molecule has 7 heteroatoms. The van der Waals surface area contributed by atoms with Crippen LogP contribution in [0.1, 0.15) is 79.1 Å². The second kappa shape index (κ2) is 14.2. The van der Waals surface area contributed by atoms with Gasteiger partial charge in [-0.25, -0.2) is 9.28 Å². The van der Waals surface area contributed by atoms with Crippen LogP contribution in [-0.4, -0.2) is 45.3 Å². The van der Waals surface area contributed by atoms with Crippen LogP contribution in [0.15, 0.2) is 12.1 Å². The summed E-state index contributed by atoms with van der Waals surface area (Å²) in [7, 11) is 0. The number of rotatable bonds is 14. The Morgan fingerprint density at radius 1 is 1.00 bits per heavy atom. The zero-order chi connectivity index (χ0) is 24.1. The average molecular weight is 461 g/mol. The number of benzene rings is 1. The van der Waals surface area contributed by atoms with E-state index in [1.54, 1.807) is 6.07 Å². The normalized spacial score (nSPS) is 16.1. The van der Waals surface area contributed by atoms with Crippen LogP contribution in [0.5, 0.6) is 11.5 Å². The first-order valence-electron chi connectivity index (χ1n) is 13.0. The molecule has 7 nitrogen and oxygen atoms in total. The summed E-state index contributed by atoms with van der Waals surface area (Å²) < 4.78 is 12.5. The van der Waals surface area contributed by atoms with Crippen LogP contribution in [-0.2, 0) is 4.79 Å². The summed E-state index contributed by atoms with van der Waals surface area (Å²) in [6.07, 6.45) is 7.74. The van der Waals surface area contributed by atoms with Crippen molar-refractivity contribution in [1.82, 2.24) is 9.80 Å². The number of quaternary nitrogens is 1. The van der Waals surface area contributed by atoms with Crippen molar-refractivity contribution in [3.05, 3.63) is 17.1 Å². The van der Waals surface area contributed by atoms with E-state index in [4.69, 9.17) is 9.47 Å². The van der Waals surface area contributed by atoms with Crippen LogP contribution < -0.4 is 19.3 Å². The number of hydrogen-bond donors (Lipinski definition) is 1. The van der Waals surface area contributed by atoms with Gasteiger partial charge in [0.2, 0.25) is 11.1 Å². The van der Waals surface area contributed by atoms with Crippen LogP contribution in [0, 0.1) is 11.3 Å². The molecule has 1 amide bonds. The molecule has 1 atom stereocenters. The Morgan fingerprint density at radius 3 is 2.15 bits per heavy atom. The quantitative estimate of drug-likeness (QED) is 0.204. The number of hydrogen-bond acceptors (Lipinski definition) is 5. The van der Waals surface area contributed by atoms with Gasteiger partial charge < -0.3 is 14.8 Å². The van der Waals surface area contributed by atoms with E-state index in [9.17, 15) is 10.2 Å². The molecule has 1 fully saturated rings. The summed E-state index contributed by atoms with van der Waals surface area (Å²) in [6.45, 7) is 12.5. The van der Waals surface area contributed by atoms with Gasteiger partial charge in [-0.2, -0.15) is 0 Å². The second-order valence-corrected chi connectivity index (χ2v) is 9.04. The third-order valence-electron chi connectivity index (χ3n) is 6.63. The summed E-state index contributed by atoms with van der Waals surface area (Å²) in [5.74, 6) is 1.41. The minimum Gasteiger partial charge on any atom is -0.487 e. The zero-order valence-electron chi connectivity index (χ0n) is 21.2. The summed E-state index contributed by atoms with van der Waals surface area (Å²) in [6, 6.07) is 3.65. The molecule has 1 saturated heterocycles. The number of unbranched alkanes of at least 4 members (excludes halogenated alkanes) is 3. The number of ether oxygens (including phenoxy) is 2. The Labute approximate surface area is 200 Å². The van der Waals surface area contributed by atoms with E-state index in [0.717, 1.165) is 70.1 Å². The van der Waals surface area contributed by atoms with Gasteiger partial charge in [0.1, 0.15) is 13.1 Å². The maximum atomic E-state index is 14.1. The Morgan fingerprint density at radius 2 is 1.61 bits per heavy atom. The van der Waals surface area contributed by atoms with Gasteiger partial charge in [-0.05, 0) is 25.7 Å². The Bertz CT molecular complexity index is 784. The molecule has 0 bridgehead atoms. The maximum absolute atomic E-state index is 14.1. The number of amides is 1. The predicted octanol–water partition coefficient (Wildman–Crippen LogP) is 6.18. The van der Waals surface area contributed by atoms with Gasteiger partial charge >= 0.3 is 11.6 Å². The molecule has 1 aliphatic heterocycles. The molecule has 1 heterocycles.